The summed E-state index contributed by atoms with van der Waals surface area (Å²) in [6.07, 6.45) is 1.83. The van der Waals surface area contributed by atoms with Gasteiger partial charge in [-0.15, -0.1) is 0 Å². The van der Waals surface area contributed by atoms with Gasteiger partial charge >= 0.3 is 12.0 Å². The van der Waals surface area contributed by atoms with Gasteiger partial charge in [0.1, 0.15) is 6.10 Å². The first-order valence-corrected chi connectivity index (χ1v) is 7.10. The Labute approximate surface area is 119 Å². The topological polar surface area (TPSA) is 67.4 Å². The highest BCUT2D eigenvalue weighted by Gasteiger charge is 2.25. The van der Waals surface area contributed by atoms with E-state index in [9.17, 15) is 4.79 Å². The summed E-state index contributed by atoms with van der Waals surface area (Å²) in [6, 6.07) is 2.29. The van der Waals surface area contributed by atoms with Gasteiger partial charge in [-0.25, -0.2) is 14.8 Å². The highest BCUT2D eigenvalue weighted by Crippen LogP contribution is 2.16. The van der Waals surface area contributed by atoms with Crippen LogP contribution >= 0.6 is 0 Å². The molecule has 0 spiro atoms. The number of aryl methyl sites for hydroxylation is 2. The zero-order chi connectivity index (χ0) is 14.5. The summed E-state index contributed by atoms with van der Waals surface area (Å²) in [5, 5.41) is 2.82. The third-order valence-corrected chi connectivity index (χ3v) is 3.23. The van der Waals surface area contributed by atoms with Crippen LogP contribution in [0.5, 0.6) is 6.01 Å². The van der Waals surface area contributed by atoms with Crippen LogP contribution in [0.2, 0.25) is 0 Å². The molecular weight excluding hydrogens is 256 g/mol. The molecule has 1 aromatic rings. The fraction of sp³-hybridized carbons (Fsp3) is 0.643. The Morgan fingerprint density at radius 2 is 2.15 bits per heavy atom. The molecule has 0 aliphatic carbocycles. The molecule has 1 fully saturated rings. The van der Waals surface area contributed by atoms with Crippen LogP contribution in [0.4, 0.5) is 4.79 Å². The number of urea groups is 1. The van der Waals surface area contributed by atoms with Gasteiger partial charge < -0.3 is 15.0 Å². The van der Waals surface area contributed by atoms with E-state index in [1.165, 1.54) is 0 Å². The Morgan fingerprint density at radius 3 is 2.80 bits per heavy atom. The van der Waals surface area contributed by atoms with Gasteiger partial charge in [0.15, 0.2) is 0 Å². The second-order valence-electron chi connectivity index (χ2n) is 5.10. The lowest BCUT2D eigenvalue weighted by Gasteiger charge is -2.32. The van der Waals surface area contributed by atoms with Crippen molar-refractivity contribution in [1.82, 2.24) is 20.2 Å². The van der Waals surface area contributed by atoms with Crippen LogP contribution in [0.25, 0.3) is 0 Å². The number of carbonyl (C=O) groups excluding carboxylic acids is 1. The molecule has 0 saturated carbocycles. The molecule has 1 aliphatic heterocycles. The number of hydrogen-bond acceptors (Lipinski definition) is 4. The van der Waals surface area contributed by atoms with Crippen LogP contribution in [0.3, 0.4) is 0 Å². The first-order valence-electron chi connectivity index (χ1n) is 7.10. The number of aromatic nitrogens is 2. The Morgan fingerprint density at radius 1 is 1.45 bits per heavy atom. The number of ether oxygens (including phenoxy) is 1. The molecule has 20 heavy (non-hydrogen) atoms. The molecule has 2 rings (SSSR count). The molecule has 1 unspecified atom stereocenters. The van der Waals surface area contributed by atoms with Gasteiger partial charge in [-0.3, -0.25) is 0 Å². The number of hydrogen-bond donors (Lipinski definition) is 1. The maximum absolute atomic E-state index is 11.8. The molecule has 0 radical (unpaired) electrons. The fourth-order valence-electron chi connectivity index (χ4n) is 2.38. The zero-order valence-corrected chi connectivity index (χ0v) is 12.3. The minimum atomic E-state index is -0.0347. The quantitative estimate of drug-likeness (QED) is 0.913. The number of carbonyl (C=O) groups is 1. The molecule has 110 valence electrons. The fourth-order valence-corrected chi connectivity index (χ4v) is 2.38. The van der Waals surface area contributed by atoms with Gasteiger partial charge in [-0.05, 0) is 39.7 Å². The second-order valence-corrected chi connectivity index (χ2v) is 5.10. The molecular formula is C14H22N4O2. The van der Waals surface area contributed by atoms with E-state index in [1.54, 1.807) is 4.90 Å². The molecule has 1 aromatic heterocycles. The molecule has 6 heteroatoms. The van der Waals surface area contributed by atoms with Crippen LogP contribution in [0.15, 0.2) is 6.07 Å². The molecule has 1 atom stereocenters. The van der Waals surface area contributed by atoms with E-state index < -0.39 is 0 Å². The maximum atomic E-state index is 11.8. The predicted molar refractivity (Wildman–Crippen MR) is 75.8 cm³/mol. The SMILES string of the molecule is CCNC(=O)N1CCCC(Oc2nc(C)cc(C)n2)C1. The van der Waals surface area contributed by atoms with E-state index in [1.807, 2.05) is 26.8 Å². The minimum Gasteiger partial charge on any atom is -0.458 e. The number of nitrogens with one attached hydrogen (secondary N) is 1. The Kier molecular flexibility index (Phi) is 4.76. The Bertz CT molecular complexity index is 458. The first-order chi connectivity index (χ1) is 9.58. The number of nitrogens with zero attached hydrogens (tertiary/aromatic N) is 3. The van der Waals surface area contributed by atoms with Gasteiger partial charge in [0.05, 0.1) is 6.54 Å². The van der Waals surface area contributed by atoms with Crippen molar-refractivity contribution < 1.29 is 9.53 Å². The second kappa shape index (κ2) is 6.54. The Balaban J connectivity index is 1.97. The third kappa shape index (κ3) is 3.82. The van der Waals surface area contributed by atoms with E-state index in [0.29, 0.717) is 19.1 Å². The van der Waals surface area contributed by atoms with Gasteiger partial charge in [0.25, 0.3) is 0 Å². The van der Waals surface area contributed by atoms with Gasteiger partial charge in [0, 0.05) is 24.5 Å². The molecule has 2 amide bonds. The van der Waals surface area contributed by atoms with Crippen molar-refractivity contribution in [2.45, 2.75) is 39.7 Å². The summed E-state index contributed by atoms with van der Waals surface area (Å²) >= 11 is 0. The zero-order valence-electron chi connectivity index (χ0n) is 12.3. The smallest absolute Gasteiger partial charge is 0.317 e. The van der Waals surface area contributed by atoms with Crippen molar-refractivity contribution in [2.24, 2.45) is 0 Å². The summed E-state index contributed by atoms with van der Waals surface area (Å²) in [4.78, 5) is 22.2. The summed E-state index contributed by atoms with van der Waals surface area (Å²) in [5.74, 6) is 0. The van der Waals surface area contributed by atoms with Crippen molar-refractivity contribution in [3.63, 3.8) is 0 Å². The van der Waals surface area contributed by atoms with Crippen LogP contribution < -0.4 is 10.1 Å². The lowest BCUT2D eigenvalue weighted by Crippen LogP contribution is -2.48. The summed E-state index contributed by atoms with van der Waals surface area (Å²) in [5.41, 5.74) is 1.78. The summed E-state index contributed by atoms with van der Waals surface area (Å²) in [6.45, 7) is 7.76. The highest BCUT2D eigenvalue weighted by molar-refractivity contribution is 5.74. The lowest BCUT2D eigenvalue weighted by atomic mass is 10.1. The van der Waals surface area contributed by atoms with Gasteiger partial charge in [0.2, 0.25) is 0 Å². The van der Waals surface area contributed by atoms with Gasteiger partial charge in [-0.1, -0.05) is 0 Å². The van der Waals surface area contributed by atoms with Crippen molar-refractivity contribution in [3.05, 3.63) is 17.5 Å². The van der Waals surface area contributed by atoms with Crippen molar-refractivity contribution in [3.8, 4) is 6.01 Å². The van der Waals surface area contributed by atoms with Crippen LogP contribution in [0.1, 0.15) is 31.2 Å². The average molecular weight is 278 g/mol. The standard InChI is InChI=1S/C14H22N4O2/c1-4-15-14(19)18-7-5-6-12(9-18)20-13-16-10(2)8-11(3)17-13/h8,12H,4-7,9H2,1-3H3,(H,15,19). The molecule has 0 bridgehead atoms. The molecule has 1 aliphatic rings. The summed E-state index contributed by atoms with van der Waals surface area (Å²) < 4.78 is 5.83. The van der Waals surface area contributed by atoms with E-state index in [2.05, 4.69) is 15.3 Å². The molecule has 1 N–H and O–H groups in total. The number of rotatable bonds is 3. The maximum Gasteiger partial charge on any atom is 0.317 e. The van der Waals surface area contributed by atoms with E-state index in [0.717, 1.165) is 30.8 Å². The third-order valence-electron chi connectivity index (χ3n) is 3.23. The largest absolute Gasteiger partial charge is 0.458 e. The molecule has 2 heterocycles. The molecule has 1 saturated heterocycles. The number of amides is 2. The van der Waals surface area contributed by atoms with Crippen molar-refractivity contribution >= 4 is 6.03 Å². The predicted octanol–water partition coefficient (Wildman–Crippen LogP) is 1.67. The van der Waals surface area contributed by atoms with Crippen LogP contribution in [-0.4, -0.2) is 46.6 Å². The molecule has 0 aromatic carbocycles. The van der Waals surface area contributed by atoms with Crippen LogP contribution in [-0.2, 0) is 0 Å². The van der Waals surface area contributed by atoms with Crippen molar-refractivity contribution in [1.29, 1.82) is 0 Å². The van der Waals surface area contributed by atoms with Crippen molar-refractivity contribution in [2.75, 3.05) is 19.6 Å². The Hall–Kier alpha value is -1.85. The monoisotopic (exact) mass is 278 g/mol. The molecule has 6 nitrogen and oxygen atoms in total. The van der Waals surface area contributed by atoms with E-state index in [-0.39, 0.29) is 12.1 Å². The summed E-state index contributed by atoms with van der Waals surface area (Å²) in [7, 11) is 0. The minimum absolute atomic E-state index is 0.0258. The van der Waals surface area contributed by atoms with Gasteiger partial charge in [-0.2, -0.15) is 0 Å². The number of piperidine rings is 1. The number of likely N-dealkylation sites (tertiary alicyclic amines) is 1. The normalized spacial score (nSPS) is 18.8. The van der Waals surface area contributed by atoms with E-state index >= 15 is 0 Å². The highest BCUT2D eigenvalue weighted by atomic mass is 16.5. The lowest BCUT2D eigenvalue weighted by molar-refractivity contribution is 0.0938. The first kappa shape index (κ1) is 14.6. The van der Waals surface area contributed by atoms with E-state index in [4.69, 9.17) is 4.74 Å². The van der Waals surface area contributed by atoms with Crippen LogP contribution in [0, 0.1) is 13.8 Å². The average Bonchev–Trinajstić information content (AvgIpc) is 2.38.